The van der Waals surface area contributed by atoms with Gasteiger partial charge in [-0.2, -0.15) is 0 Å². The van der Waals surface area contributed by atoms with E-state index in [1.54, 1.807) is 0 Å². The summed E-state index contributed by atoms with van der Waals surface area (Å²) in [4.78, 5) is 38.1. The number of rotatable bonds is 51. The molecule has 0 fully saturated rings. The van der Waals surface area contributed by atoms with E-state index in [2.05, 4.69) is 34.6 Å². The fraction of sp³-hybridized carbons (Fsp3) is 0.947. The lowest BCUT2D eigenvalue weighted by Gasteiger charge is -2.18. The third-order valence-corrected chi connectivity index (χ3v) is 13.7. The van der Waals surface area contributed by atoms with Gasteiger partial charge in [0.1, 0.15) is 13.2 Å². The molecule has 0 rings (SSSR count). The van der Waals surface area contributed by atoms with Crippen LogP contribution in [0.4, 0.5) is 0 Å². The standard InChI is InChI=1S/C57H110O6/c1-6-9-10-11-12-13-14-17-21-27-32-37-42-47-55(58)61-50-54(63-57(60)49-44-39-34-29-24-23-26-31-36-41-46-53(5)8-3)51-62-56(59)48-43-38-33-28-22-19-16-15-18-20-25-30-35-40-45-52(4)7-2/h52-54H,6-51H2,1-5H3/t52?,53?,54-/m0/s1. The summed E-state index contributed by atoms with van der Waals surface area (Å²) in [6.07, 6.45) is 52.2. The van der Waals surface area contributed by atoms with Gasteiger partial charge >= 0.3 is 17.9 Å². The predicted octanol–water partition coefficient (Wildman–Crippen LogP) is 18.5. The molecule has 2 unspecified atom stereocenters. The normalized spacial score (nSPS) is 12.9. The summed E-state index contributed by atoms with van der Waals surface area (Å²) in [7, 11) is 0. The number of carbonyl (C=O) groups is 3. The minimum Gasteiger partial charge on any atom is -0.462 e. The van der Waals surface area contributed by atoms with Gasteiger partial charge in [-0.15, -0.1) is 0 Å². The van der Waals surface area contributed by atoms with Gasteiger partial charge in [0.25, 0.3) is 0 Å². The molecule has 0 bridgehead atoms. The molecule has 0 spiro atoms. The molecule has 374 valence electrons. The molecule has 0 aromatic rings. The zero-order valence-corrected chi connectivity index (χ0v) is 43.2. The van der Waals surface area contributed by atoms with Gasteiger partial charge < -0.3 is 14.2 Å². The number of esters is 3. The Labute approximate surface area is 393 Å². The highest BCUT2D eigenvalue weighted by atomic mass is 16.6. The van der Waals surface area contributed by atoms with Crippen LogP contribution < -0.4 is 0 Å². The summed E-state index contributed by atoms with van der Waals surface area (Å²) >= 11 is 0. The van der Waals surface area contributed by atoms with Crippen LogP contribution in [0, 0.1) is 11.8 Å². The molecular formula is C57H110O6. The lowest BCUT2D eigenvalue weighted by atomic mass is 9.99. The summed E-state index contributed by atoms with van der Waals surface area (Å²) < 4.78 is 16.9. The molecule has 0 amide bonds. The zero-order chi connectivity index (χ0) is 46.1. The van der Waals surface area contributed by atoms with E-state index in [0.717, 1.165) is 69.6 Å². The molecule has 0 N–H and O–H groups in total. The van der Waals surface area contributed by atoms with Gasteiger partial charge in [0.15, 0.2) is 6.10 Å². The summed E-state index contributed by atoms with van der Waals surface area (Å²) in [6.45, 7) is 11.5. The van der Waals surface area contributed by atoms with Crippen molar-refractivity contribution >= 4 is 17.9 Å². The van der Waals surface area contributed by atoms with Crippen molar-refractivity contribution in [1.82, 2.24) is 0 Å². The maximum atomic E-state index is 12.8. The Morgan fingerprint density at radius 1 is 0.317 bits per heavy atom. The zero-order valence-electron chi connectivity index (χ0n) is 43.2. The first-order valence-electron chi connectivity index (χ1n) is 28.3. The quantitative estimate of drug-likeness (QED) is 0.0344. The third-order valence-electron chi connectivity index (χ3n) is 13.7. The predicted molar refractivity (Wildman–Crippen MR) is 270 cm³/mol. The van der Waals surface area contributed by atoms with Crippen molar-refractivity contribution in [2.45, 2.75) is 323 Å². The van der Waals surface area contributed by atoms with Crippen molar-refractivity contribution in [2.75, 3.05) is 13.2 Å². The van der Waals surface area contributed by atoms with Gasteiger partial charge in [-0.3, -0.25) is 14.4 Å². The number of unbranched alkanes of at least 4 members (excludes halogenated alkanes) is 34. The van der Waals surface area contributed by atoms with Gasteiger partial charge in [0, 0.05) is 19.3 Å². The second kappa shape index (κ2) is 49.8. The van der Waals surface area contributed by atoms with E-state index in [1.165, 1.54) is 205 Å². The van der Waals surface area contributed by atoms with Crippen molar-refractivity contribution in [3.05, 3.63) is 0 Å². The molecule has 6 heteroatoms. The first kappa shape index (κ1) is 61.4. The third kappa shape index (κ3) is 48.2. The van der Waals surface area contributed by atoms with Gasteiger partial charge in [0.05, 0.1) is 0 Å². The molecule has 0 aromatic carbocycles. The highest BCUT2D eigenvalue weighted by Gasteiger charge is 2.19. The maximum absolute atomic E-state index is 12.8. The van der Waals surface area contributed by atoms with E-state index >= 15 is 0 Å². The van der Waals surface area contributed by atoms with Crippen molar-refractivity contribution in [2.24, 2.45) is 11.8 Å². The van der Waals surface area contributed by atoms with E-state index in [0.29, 0.717) is 19.3 Å². The van der Waals surface area contributed by atoms with Gasteiger partial charge in [-0.05, 0) is 31.1 Å². The second-order valence-corrected chi connectivity index (χ2v) is 20.1. The molecule has 0 heterocycles. The average molecular weight is 892 g/mol. The number of carbonyl (C=O) groups excluding carboxylic acids is 3. The van der Waals surface area contributed by atoms with Crippen LogP contribution in [-0.4, -0.2) is 37.2 Å². The Morgan fingerprint density at radius 2 is 0.556 bits per heavy atom. The monoisotopic (exact) mass is 891 g/mol. The highest BCUT2D eigenvalue weighted by Crippen LogP contribution is 2.19. The molecular weight excluding hydrogens is 781 g/mol. The summed E-state index contributed by atoms with van der Waals surface area (Å²) in [5.74, 6) is 0.922. The lowest BCUT2D eigenvalue weighted by molar-refractivity contribution is -0.167. The van der Waals surface area contributed by atoms with Crippen molar-refractivity contribution in [3.8, 4) is 0 Å². The number of hydrogen-bond donors (Lipinski definition) is 0. The topological polar surface area (TPSA) is 78.9 Å². The van der Waals surface area contributed by atoms with Crippen molar-refractivity contribution in [1.29, 1.82) is 0 Å². The molecule has 0 radical (unpaired) electrons. The Bertz CT molecular complexity index is 966. The van der Waals surface area contributed by atoms with Crippen LogP contribution in [0.25, 0.3) is 0 Å². The lowest BCUT2D eigenvalue weighted by Crippen LogP contribution is -2.30. The van der Waals surface area contributed by atoms with Gasteiger partial charge in [-0.25, -0.2) is 0 Å². The first-order chi connectivity index (χ1) is 30.8. The van der Waals surface area contributed by atoms with Crippen LogP contribution in [0.1, 0.15) is 317 Å². The molecule has 0 aromatic heterocycles. The van der Waals surface area contributed by atoms with Crippen LogP contribution in [0.2, 0.25) is 0 Å². The number of hydrogen-bond acceptors (Lipinski definition) is 6. The van der Waals surface area contributed by atoms with Crippen molar-refractivity contribution < 1.29 is 28.6 Å². The fourth-order valence-electron chi connectivity index (χ4n) is 8.63. The van der Waals surface area contributed by atoms with Crippen LogP contribution >= 0.6 is 0 Å². The molecule has 3 atom stereocenters. The van der Waals surface area contributed by atoms with E-state index in [-0.39, 0.29) is 31.1 Å². The molecule has 0 saturated heterocycles. The second-order valence-electron chi connectivity index (χ2n) is 20.1. The largest absolute Gasteiger partial charge is 0.462 e. The van der Waals surface area contributed by atoms with Crippen LogP contribution in [0.15, 0.2) is 0 Å². The molecule has 0 aliphatic carbocycles. The Hall–Kier alpha value is -1.59. The fourth-order valence-corrected chi connectivity index (χ4v) is 8.63. The van der Waals surface area contributed by atoms with E-state index in [1.807, 2.05) is 0 Å². The Morgan fingerprint density at radius 3 is 0.825 bits per heavy atom. The van der Waals surface area contributed by atoms with E-state index in [4.69, 9.17) is 14.2 Å². The van der Waals surface area contributed by atoms with Crippen LogP contribution in [0.5, 0.6) is 0 Å². The summed E-state index contributed by atoms with van der Waals surface area (Å²) in [6, 6.07) is 0. The highest BCUT2D eigenvalue weighted by molar-refractivity contribution is 5.71. The minimum absolute atomic E-state index is 0.0630. The summed E-state index contributed by atoms with van der Waals surface area (Å²) in [5.41, 5.74) is 0. The molecule has 0 aliphatic rings. The van der Waals surface area contributed by atoms with E-state index in [9.17, 15) is 14.4 Å². The smallest absolute Gasteiger partial charge is 0.306 e. The Kier molecular flexibility index (Phi) is 48.6. The Balaban J connectivity index is 4.30. The van der Waals surface area contributed by atoms with Gasteiger partial charge in [-0.1, -0.05) is 279 Å². The molecule has 6 nitrogen and oxygen atoms in total. The van der Waals surface area contributed by atoms with E-state index < -0.39 is 6.10 Å². The molecule has 63 heavy (non-hydrogen) atoms. The maximum Gasteiger partial charge on any atom is 0.306 e. The molecule has 0 saturated carbocycles. The van der Waals surface area contributed by atoms with Crippen LogP contribution in [-0.2, 0) is 28.6 Å². The minimum atomic E-state index is -0.762. The van der Waals surface area contributed by atoms with Crippen LogP contribution in [0.3, 0.4) is 0 Å². The average Bonchev–Trinajstić information content (AvgIpc) is 3.28. The first-order valence-corrected chi connectivity index (χ1v) is 28.3. The van der Waals surface area contributed by atoms with Gasteiger partial charge in [0.2, 0.25) is 0 Å². The van der Waals surface area contributed by atoms with Crippen molar-refractivity contribution in [3.63, 3.8) is 0 Å². The summed E-state index contributed by atoms with van der Waals surface area (Å²) in [5, 5.41) is 0. The SMILES string of the molecule is CCCCCCCCCCCCCCCC(=O)OC[C@@H](COC(=O)CCCCCCCCCCCCCCCCC(C)CC)OC(=O)CCCCCCCCCCCCC(C)CC. The molecule has 0 aliphatic heterocycles. The number of ether oxygens (including phenoxy) is 3.